The second-order valence-corrected chi connectivity index (χ2v) is 5.61. The molecule has 0 aromatic heterocycles. The summed E-state index contributed by atoms with van der Waals surface area (Å²) in [7, 11) is 0. The van der Waals surface area contributed by atoms with Gasteiger partial charge in [0.1, 0.15) is 0 Å². The summed E-state index contributed by atoms with van der Waals surface area (Å²) < 4.78 is 5.14. The van der Waals surface area contributed by atoms with E-state index in [1.54, 1.807) is 0 Å². The Labute approximate surface area is 109 Å². The van der Waals surface area contributed by atoms with Crippen molar-refractivity contribution in [2.24, 2.45) is 0 Å². The Morgan fingerprint density at radius 2 is 1.88 bits per heavy atom. The van der Waals surface area contributed by atoms with Gasteiger partial charge in [-0.05, 0) is 19.4 Å². The molecule has 0 spiro atoms. The lowest BCUT2D eigenvalue weighted by molar-refractivity contribution is 0.0187. The van der Waals surface area contributed by atoms with E-state index in [4.69, 9.17) is 17.4 Å². The van der Waals surface area contributed by atoms with Crippen molar-refractivity contribution in [3.63, 3.8) is 0 Å². The summed E-state index contributed by atoms with van der Waals surface area (Å²) in [4.78, 5) is 2.35. The number of nitrogens with zero attached hydrogens (tertiary/aromatic N) is 1. The molecule has 0 bridgehead atoms. The number of morpholine rings is 1. The Balaban J connectivity index is 2.14. The minimum absolute atomic E-state index is 0.150. The molecule has 2 rings (SSSR count). The quantitative estimate of drug-likeness (QED) is 0.827. The molecule has 17 heavy (non-hydrogen) atoms. The van der Waals surface area contributed by atoms with Crippen LogP contribution < -0.4 is 0 Å². The van der Waals surface area contributed by atoms with E-state index in [0.717, 1.165) is 26.3 Å². The van der Waals surface area contributed by atoms with E-state index < -0.39 is 0 Å². The maximum atomic E-state index is 5.37. The first-order chi connectivity index (χ1) is 8.12. The predicted octanol–water partition coefficient (Wildman–Crippen LogP) is 2.37. The zero-order chi connectivity index (χ0) is 12.3. The Kier molecular flexibility index (Phi) is 4.13. The van der Waals surface area contributed by atoms with Crippen LogP contribution in [-0.4, -0.2) is 37.2 Å². The average molecular weight is 250 g/mol. The van der Waals surface area contributed by atoms with Crippen LogP contribution in [0.4, 0.5) is 0 Å². The molecule has 2 unspecified atom stereocenters. The zero-order valence-corrected chi connectivity index (χ0v) is 11.2. The van der Waals surface area contributed by atoms with E-state index in [-0.39, 0.29) is 10.8 Å². The maximum Gasteiger partial charge on any atom is 0.0594 e. The fourth-order valence-corrected chi connectivity index (χ4v) is 2.52. The second kappa shape index (κ2) is 5.42. The Morgan fingerprint density at radius 3 is 2.47 bits per heavy atom. The van der Waals surface area contributed by atoms with Gasteiger partial charge in [-0.2, -0.15) is 12.6 Å². The van der Waals surface area contributed by atoms with Gasteiger partial charge in [0.25, 0.3) is 0 Å². The molecule has 1 aromatic carbocycles. The molecule has 0 amide bonds. The molecule has 2 atom stereocenters. The van der Waals surface area contributed by atoms with Crippen molar-refractivity contribution in [1.82, 2.24) is 4.90 Å². The summed E-state index contributed by atoms with van der Waals surface area (Å²) in [6, 6.07) is 10.5. The second-order valence-electron chi connectivity index (χ2n) is 4.68. The molecule has 1 heterocycles. The molecule has 1 radical (unpaired) electrons. The largest absolute Gasteiger partial charge is 0.379 e. The van der Waals surface area contributed by atoms with Gasteiger partial charge in [-0.15, -0.1) is 0 Å². The Morgan fingerprint density at radius 1 is 1.29 bits per heavy atom. The van der Waals surface area contributed by atoms with Crippen LogP contribution in [-0.2, 0) is 9.48 Å². The molecule has 1 aliphatic heterocycles. The van der Waals surface area contributed by atoms with Gasteiger partial charge < -0.3 is 4.74 Å². The van der Waals surface area contributed by atoms with Crippen molar-refractivity contribution in [1.29, 1.82) is 0 Å². The molecule has 3 heteroatoms. The Bertz CT molecular complexity index is 346. The lowest BCUT2D eigenvalue weighted by atomic mass is 9.92. The Hall–Kier alpha value is -0.510. The van der Waals surface area contributed by atoms with Crippen molar-refractivity contribution in [2.45, 2.75) is 17.7 Å². The number of benzene rings is 1. The molecule has 1 fully saturated rings. The number of ether oxygens (including phenoxy) is 1. The van der Waals surface area contributed by atoms with E-state index in [1.807, 2.05) is 6.07 Å². The minimum Gasteiger partial charge on any atom is -0.379 e. The smallest absolute Gasteiger partial charge is 0.0594 e. The van der Waals surface area contributed by atoms with Gasteiger partial charge in [0.05, 0.1) is 18.0 Å². The molecule has 93 valence electrons. The van der Waals surface area contributed by atoms with E-state index in [2.05, 4.69) is 43.0 Å². The molecular formula is C14H20NOS. The highest BCUT2D eigenvalue weighted by Crippen LogP contribution is 2.34. The SMILES string of the molecule is [CH2]C(N1CCOCC1)C(C)(S)c1ccccc1. The first-order valence-electron chi connectivity index (χ1n) is 6.05. The summed E-state index contributed by atoms with van der Waals surface area (Å²) in [6.07, 6.45) is 0. The van der Waals surface area contributed by atoms with Crippen LogP contribution in [0, 0.1) is 6.92 Å². The number of rotatable bonds is 3. The molecule has 0 aliphatic carbocycles. The van der Waals surface area contributed by atoms with Crippen LogP contribution in [0.2, 0.25) is 0 Å². The van der Waals surface area contributed by atoms with Gasteiger partial charge in [-0.3, -0.25) is 4.90 Å². The summed E-state index contributed by atoms with van der Waals surface area (Å²) in [5.74, 6) is 0. The van der Waals surface area contributed by atoms with Crippen molar-refractivity contribution >= 4 is 12.6 Å². The van der Waals surface area contributed by atoms with Crippen LogP contribution in [0.5, 0.6) is 0 Å². The van der Waals surface area contributed by atoms with Gasteiger partial charge >= 0.3 is 0 Å². The molecule has 1 aromatic rings. The topological polar surface area (TPSA) is 12.5 Å². The third-order valence-corrected chi connectivity index (χ3v) is 4.05. The lowest BCUT2D eigenvalue weighted by Gasteiger charge is -2.41. The number of thiol groups is 1. The number of hydrogen-bond acceptors (Lipinski definition) is 3. The molecule has 1 aliphatic rings. The highest BCUT2D eigenvalue weighted by atomic mass is 32.1. The van der Waals surface area contributed by atoms with Crippen LogP contribution in [0.25, 0.3) is 0 Å². The fourth-order valence-electron chi connectivity index (χ4n) is 2.21. The third kappa shape index (κ3) is 2.84. The number of hydrogen-bond donors (Lipinski definition) is 1. The standard InChI is InChI=1S/C14H20NOS/c1-12(15-8-10-16-11-9-15)14(2,17)13-6-4-3-5-7-13/h3-7,12,17H,1,8-11H2,2H3. The van der Waals surface area contributed by atoms with E-state index in [1.165, 1.54) is 5.56 Å². The molecule has 0 N–H and O–H groups in total. The highest BCUT2D eigenvalue weighted by Gasteiger charge is 2.33. The maximum absolute atomic E-state index is 5.37. The van der Waals surface area contributed by atoms with Gasteiger partial charge in [0, 0.05) is 19.1 Å². The van der Waals surface area contributed by atoms with Gasteiger partial charge in [-0.1, -0.05) is 30.3 Å². The van der Waals surface area contributed by atoms with Crippen molar-refractivity contribution in [2.75, 3.05) is 26.3 Å². The lowest BCUT2D eigenvalue weighted by Crippen LogP contribution is -2.49. The third-order valence-electron chi connectivity index (χ3n) is 3.49. The fraction of sp³-hybridized carbons (Fsp3) is 0.500. The van der Waals surface area contributed by atoms with Crippen LogP contribution in [0.15, 0.2) is 30.3 Å². The van der Waals surface area contributed by atoms with Crippen molar-refractivity contribution in [3.8, 4) is 0 Å². The van der Waals surface area contributed by atoms with Gasteiger partial charge in [-0.25, -0.2) is 0 Å². The minimum atomic E-state index is -0.238. The van der Waals surface area contributed by atoms with E-state index in [9.17, 15) is 0 Å². The summed E-state index contributed by atoms with van der Waals surface area (Å²) >= 11 is 4.84. The summed E-state index contributed by atoms with van der Waals surface area (Å²) in [6.45, 7) is 9.92. The normalized spacial score (nSPS) is 23.0. The van der Waals surface area contributed by atoms with E-state index >= 15 is 0 Å². The molecule has 1 saturated heterocycles. The molecular weight excluding hydrogens is 230 g/mol. The predicted molar refractivity (Wildman–Crippen MR) is 74.3 cm³/mol. The summed E-state index contributed by atoms with van der Waals surface area (Å²) in [5, 5.41) is 0. The molecule has 2 nitrogen and oxygen atoms in total. The zero-order valence-electron chi connectivity index (χ0n) is 10.3. The van der Waals surface area contributed by atoms with Gasteiger partial charge in [0.2, 0.25) is 0 Å². The van der Waals surface area contributed by atoms with Crippen molar-refractivity contribution < 1.29 is 4.74 Å². The van der Waals surface area contributed by atoms with Crippen molar-refractivity contribution in [3.05, 3.63) is 42.8 Å². The van der Waals surface area contributed by atoms with Crippen LogP contribution >= 0.6 is 12.6 Å². The van der Waals surface area contributed by atoms with Crippen LogP contribution in [0.1, 0.15) is 12.5 Å². The first kappa shape index (κ1) is 12.9. The first-order valence-corrected chi connectivity index (χ1v) is 6.50. The van der Waals surface area contributed by atoms with E-state index in [0.29, 0.717) is 0 Å². The average Bonchev–Trinajstić information content (AvgIpc) is 2.40. The van der Waals surface area contributed by atoms with Gasteiger partial charge in [0.15, 0.2) is 0 Å². The highest BCUT2D eigenvalue weighted by molar-refractivity contribution is 7.81. The molecule has 0 saturated carbocycles. The summed E-state index contributed by atoms with van der Waals surface area (Å²) in [5.41, 5.74) is 1.22. The monoisotopic (exact) mass is 250 g/mol. The van der Waals surface area contributed by atoms with Crippen LogP contribution in [0.3, 0.4) is 0 Å².